The number of hydrogen-bond donors (Lipinski definition) is 1. The first-order valence-electron chi connectivity index (χ1n) is 6.07. The number of phenols is 1. The maximum Gasteiger partial charge on any atom is 0.418 e. The Morgan fingerprint density at radius 2 is 1.71 bits per heavy atom. The molecule has 0 saturated heterocycles. The first kappa shape index (κ1) is 13.4. The van der Waals surface area contributed by atoms with Crippen molar-refractivity contribution in [1.82, 2.24) is 9.97 Å². The minimum atomic E-state index is -4.48. The van der Waals surface area contributed by atoms with Gasteiger partial charge in [0.15, 0.2) is 0 Å². The standard InChI is InChI=1S/C15H9F3N2O/c16-15(17,18)12-6-2-5-11-13(19-8-20-14(11)12)9-3-1-4-10(21)7-9/h1-8,21H. The van der Waals surface area contributed by atoms with E-state index in [4.69, 9.17) is 0 Å². The molecule has 1 heterocycles. The van der Waals surface area contributed by atoms with Crippen LogP contribution in [0.1, 0.15) is 5.56 Å². The van der Waals surface area contributed by atoms with Gasteiger partial charge in [-0.15, -0.1) is 0 Å². The van der Waals surface area contributed by atoms with Crippen molar-refractivity contribution in [3.8, 4) is 17.0 Å². The lowest BCUT2D eigenvalue weighted by molar-refractivity contribution is -0.136. The molecule has 3 nitrogen and oxygen atoms in total. The normalized spacial score (nSPS) is 11.8. The van der Waals surface area contributed by atoms with E-state index < -0.39 is 11.7 Å². The van der Waals surface area contributed by atoms with E-state index in [-0.39, 0.29) is 16.7 Å². The van der Waals surface area contributed by atoms with Crippen LogP contribution in [-0.4, -0.2) is 15.1 Å². The second-order valence-electron chi connectivity index (χ2n) is 4.47. The molecule has 6 heteroatoms. The van der Waals surface area contributed by atoms with Crippen LogP contribution in [0.3, 0.4) is 0 Å². The Morgan fingerprint density at radius 3 is 2.43 bits per heavy atom. The van der Waals surface area contributed by atoms with Crippen LogP contribution in [-0.2, 0) is 6.18 Å². The number of alkyl halides is 3. The summed E-state index contributed by atoms with van der Waals surface area (Å²) >= 11 is 0. The Morgan fingerprint density at radius 1 is 0.952 bits per heavy atom. The molecule has 0 atom stereocenters. The molecule has 0 saturated carbocycles. The molecule has 0 aliphatic rings. The van der Waals surface area contributed by atoms with Crippen molar-refractivity contribution in [2.45, 2.75) is 6.18 Å². The second kappa shape index (κ2) is 4.73. The van der Waals surface area contributed by atoms with E-state index in [1.807, 2.05) is 0 Å². The summed E-state index contributed by atoms with van der Waals surface area (Å²) in [5.41, 5.74) is -0.0779. The fourth-order valence-electron chi connectivity index (χ4n) is 2.20. The zero-order chi connectivity index (χ0) is 15.0. The topological polar surface area (TPSA) is 46.0 Å². The molecule has 3 rings (SSSR count). The van der Waals surface area contributed by atoms with Gasteiger partial charge in [0.05, 0.1) is 16.8 Å². The predicted molar refractivity (Wildman–Crippen MR) is 71.6 cm³/mol. The average Bonchev–Trinajstić information content (AvgIpc) is 2.45. The summed E-state index contributed by atoms with van der Waals surface area (Å²) in [5.74, 6) is 0.0197. The van der Waals surface area contributed by atoms with Crippen molar-refractivity contribution < 1.29 is 18.3 Å². The van der Waals surface area contributed by atoms with Crippen LogP contribution in [0.2, 0.25) is 0 Å². The van der Waals surface area contributed by atoms with E-state index in [1.165, 1.54) is 24.3 Å². The van der Waals surface area contributed by atoms with Gasteiger partial charge in [-0.2, -0.15) is 13.2 Å². The van der Waals surface area contributed by atoms with E-state index in [2.05, 4.69) is 9.97 Å². The van der Waals surface area contributed by atoms with E-state index in [0.717, 1.165) is 12.4 Å². The summed E-state index contributed by atoms with van der Waals surface area (Å²) < 4.78 is 39.0. The van der Waals surface area contributed by atoms with Crippen LogP contribution in [0, 0.1) is 0 Å². The lowest BCUT2D eigenvalue weighted by atomic mass is 10.0. The third-order valence-corrected chi connectivity index (χ3v) is 3.09. The molecule has 3 aromatic rings. The van der Waals surface area contributed by atoms with E-state index >= 15 is 0 Å². The summed E-state index contributed by atoms with van der Waals surface area (Å²) in [7, 11) is 0. The Bertz CT molecular complexity index is 815. The molecular weight excluding hydrogens is 281 g/mol. The third kappa shape index (κ3) is 2.40. The molecule has 0 bridgehead atoms. The van der Waals surface area contributed by atoms with Crippen LogP contribution in [0.4, 0.5) is 13.2 Å². The summed E-state index contributed by atoms with van der Waals surface area (Å²) in [5, 5.41) is 9.80. The highest BCUT2D eigenvalue weighted by molar-refractivity contribution is 5.94. The van der Waals surface area contributed by atoms with Gasteiger partial charge in [0.2, 0.25) is 0 Å². The summed E-state index contributed by atoms with van der Waals surface area (Å²) in [6.45, 7) is 0. The number of aromatic nitrogens is 2. The van der Waals surface area contributed by atoms with Gasteiger partial charge in [0.25, 0.3) is 0 Å². The van der Waals surface area contributed by atoms with Gasteiger partial charge in [0.1, 0.15) is 12.1 Å². The number of para-hydroxylation sites is 1. The maximum absolute atomic E-state index is 13.0. The number of halogens is 3. The molecular formula is C15H9F3N2O. The molecule has 106 valence electrons. The number of benzene rings is 2. The monoisotopic (exact) mass is 290 g/mol. The molecule has 0 radical (unpaired) electrons. The van der Waals surface area contributed by atoms with Gasteiger partial charge in [-0.05, 0) is 18.2 Å². The molecule has 0 spiro atoms. The van der Waals surface area contributed by atoms with Crippen molar-refractivity contribution in [1.29, 1.82) is 0 Å². The van der Waals surface area contributed by atoms with Crippen molar-refractivity contribution in [2.75, 3.05) is 0 Å². The fourth-order valence-corrected chi connectivity index (χ4v) is 2.20. The number of aromatic hydroxyl groups is 1. The predicted octanol–water partition coefficient (Wildman–Crippen LogP) is 4.02. The zero-order valence-electron chi connectivity index (χ0n) is 10.6. The lowest BCUT2D eigenvalue weighted by Gasteiger charge is -2.11. The van der Waals surface area contributed by atoms with Crippen LogP contribution >= 0.6 is 0 Å². The Labute approximate surface area is 117 Å². The van der Waals surface area contributed by atoms with Crippen molar-refractivity contribution in [2.24, 2.45) is 0 Å². The minimum Gasteiger partial charge on any atom is -0.508 e. The van der Waals surface area contributed by atoms with Gasteiger partial charge < -0.3 is 5.11 Å². The highest BCUT2D eigenvalue weighted by Crippen LogP contribution is 2.36. The van der Waals surface area contributed by atoms with Crippen molar-refractivity contribution >= 4 is 10.9 Å². The molecule has 0 unspecified atom stereocenters. The molecule has 1 N–H and O–H groups in total. The molecule has 0 aliphatic carbocycles. The van der Waals surface area contributed by atoms with Gasteiger partial charge in [-0.1, -0.05) is 24.3 Å². The van der Waals surface area contributed by atoms with E-state index in [0.29, 0.717) is 11.3 Å². The molecule has 0 fully saturated rings. The van der Waals surface area contributed by atoms with E-state index in [1.54, 1.807) is 12.1 Å². The molecule has 21 heavy (non-hydrogen) atoms. The smallest absolute Gasteiger partial charge is 0.418 e. The fraction of sp³-hybridized carbons (Fsp3) is 0.0667. The third-order valence-electron chi connectivity index (χ3n) is 3.09. The second-order valence-corrected chi connectivity index (χ2v) is 4.47. The minimum absolute atomic E-state index is 0.0197. The number of fused-ring (bicyclic) bond motifs is 1. The number of rotatable bonds is 1. The Hall–Kier alpha value is -2.63. The van der Waals surface area contributed by atoms with Gasteiger partial charge in [-0.25, -0.2) is 9.97 Å². The first-order valence-corrected chi connectivity index (χ1v) is 6.07. The lowest BCUT2D eigenvalue weighted by Crippen LogP contribution is -2.07. The molecule has 0 aliphatic heterocycles. The molecule has 1 aromatic heterocycles. The average molecular weight is 290 g/mol. The van der Waals surface area contributed by atoms with Crippen LogP contribution in [0.25, 0.3) is 22.2 Å². The van der Waals surface area contributed by atoms with E-state index in [9.17, 15) is 18.3 Å². The summed E-state index contributed by atoms with van der Waals surface area (Å²) in [6.07, 6.45) is -3.39. The van der Waals surface area contributed by atoms with Crippen molar-refractivity contribution in [3.63, 3.8) is 0 Å². The first-order chi connectivity index (χ1) is 9.97. The maximum atomic E-state index is 13.0. The SMILES string of the molecule is Oc1cccc(-c2ncnc3c(C(F)(F)F)cccc23)c1. The van der Waals surface area contributed by atoms with Crippen LogP contribution in [0.5, 0.6) is 5.75 Å². The zero-order valence-corrected chi connectivity index (χ0v) is 10.6. The molecule has 0 amide bonds. The van der Waals surface area contributed by atoms with Gasteiger partial charge in [0, 0.05) is 10.9 Å². The summed E-state index contributed by atoms with van der Waals surface area (Å²) in [4.78, 5) is 7.81. The quantitative estimate of drug-likeness (QED) is 0.736. The van der Waals surface area contributed by atoms with Crippen molar-refractivity contribution in [3.05, 3.63) is 54.4 Å². The Kier molecular flexibility index (Phi) is 3.01. The van der Waals surface area contributed by atoms with Gasteiger partial charge in [-0.3, -0.25) is 0 Å². The number of phenolic OH excluding ortho intramolecular Hbond substituents is 1. The number of nitrogens with zero attached hydrogens (tertiary/aromatic N) is 2. The largest absolute Gasteiger partial charge is 0.508 e. The highest BCUT2D eigenvalue weighted by Gasteiger charge is 2.33. The highest BCUT2D eigenvalue weighted by atomic mass is 19.4. The van der Waals surface area contributed by atoms with Crippen LogP contribution < -0.4 is 0 Å². The number of hydrogen-bond acceptors (Lipinski definition) is 3. The summed E-state index contributed by atoms with van der Waals surface area (Å²) in [6, 6.07) is 10.0. The Balaban J connectivity index is 2.31. The molecule has 2 aromatic carbocycles. The van der Waals surface area contributed by atoms with Crippen LogP contribution in [0.15, 0.2) is 48.8 Å². The van der Waals surface area contributed by atoms with Gasteiger partial charge >= 0.3 is 6.18 Å².